The molecule has 2 N–H and O–H groups in total. The Balaban J connectivity index is 2.06. The SMILES string of the molecule is CNc1ccc(C(=O)O[C@H](C)C(=O)Nc2ccc(C)cc2)cc1[N+](=O)[O-]. The van der Waals surface area contributed by atoms with Crippen molar-refractivity contribution < 1.29 is 19.2 Å². The molecule has 0 radical (unpaired) electrons. The monoisotopic (exact) mass is 357 g/mol. The van der Waals surface area contributed by atoms with Crippen LogP contribution in [-0.2, 0) is 9.53 Å². The van der Waals surface area contributed by atoms with Crippen LogP contribution in [0.25, 0.3) is 0 Å². The fourth-order valence-electron chi connectivity index (χ4n) is 2.18. The van der Waals surface area contributed by atoms with Gasteiger partial charge in [0.2, 0.25) is 0 Å². The van der Waals surface area contributed by atoms with E-state index < -0.39 is 22.9 Å². The summed E-state index contributed by atoms with van der Waals surface area (Å²) in [6.07, 6.45) is -1.06. The molecule has 0 aromatic heterocycles. The molecule has 0 unspecified atom stereocenters. The Morgan fingerprint density at radius 1 is 1.15 bits per heavy atom. The molecule has 0 aliphatic carbocycles. The molecule has 0 saturated heterocycles. The Kier molecular flexibility index (Phi) is 5.90. The highest BCUT2D eigenvalue weighted by Crippen LogP contribution is 2.25. The lowest BCUT2D eigenvalue weighted by Gasteiger charge is -2.14. The Labute approximate surface area is 150 Å². The van der Waals surface area contributed by atoms with E-state index in [0.29, 0.717) is 5.69 Å². The molecule has 1 atom stereocenters. The maximum atomic E-state index is 12.2. The number of hydrogen-bond acceptors (Lipinski definition) is 6. The van der Waals surface area contributed by atoms with Gasteiger partial charge in [-0.05, 0) is 38.1 Å². The van der Waals surface area contributed by atoms with Crippen LogP contribution in [0.5, 0.6) is 0 Å². The van der Waals surface area contributed by atoms with Gasteiger partial charge in [-0.1, -0.05) is 17.7 Å². The van der Waals surface area contributed by atoms with Gasteiger partial charge in [0.1, 0.15) is 5.69 Å². The zero-order chi connectivity index (χ0) is 19.3. The smallest absolute Gasteiger partial charge is 0.339 e. The Hall–Kier alpha value is -3.42. The van der Waals surface area contributed by atoms with Crippen molar-refractivity contribution in [2.45, 2.75) is 20.0 Å². The lowest BCUT2D eigenvalue weighted by Crippen LogP contribution is -2.30. The highest BCUT2D eigenvalue weighted by Gasteiger charge is 2.22. The maximum absolute atomic E-state index is 12.2. The molecule has 26 heavy (non-hydrogen) atoms. The molecule has 0 aliphatic rings. The highest BCUT2D eigenvalue weighted by molar-refractivity contribution is 5.97. The summed E-state index contributed by atoms with van der Waals surface area (Å²) in [4.78, 5) is 34.8. The Morgan fingerprint density at radius 2 is 1.81 bits per heavy atom. The van der Waals surface area contributed by atoms with Crippen LogP contribution >= 0.6 is 0 Å². The van der Waals surface area contributed by atoms with E-state index in [1.165, 1.54) is 26.1 Å². The molecule has 8 heteroatoms. The minimum atomic E-state index is -1.06. The molecule has 8 nitrogen and oxygen atoms in total. The number of nitro groups is 1. The third kappa shape index (κ3) is 4.56. The second-order valence-electron chi connectivity index (χ2n) is 5.64. The quantitative estimate of drug-likeness (QED) is 0.467. The molecule has 2 aromatic rings. The van der Waals surface area contributed by atoms with Crippen LogP contribution in [0.2, 0.25) is 0 Å². The molecule has 136 valence electrons. The summed E-state index contributed by atoms with van der Waals surface area (Å²) in [7, 11) is 1.54. The number of esters is 1. The van der Waals surface area contributed by atoms with Crippen LogP contribution in [0.4, 0.5) is 17.1 Å². The van der Waals surface area contributed by atoms with Gasteiger partial charge in [-0.2, -0.15) is 0 Å². The number of rotatable bonds is 6. The van der Waals surface area contributed by atoms with Gasteiger partial charge in [0.25, 0.3) is 11.6 Å². The van der Waals surface area contributed by atoms with E-state index in [4.69, 9.17) is 4.74 Å². The summed E-state index contributed by atoms with van der Waals surface area (Å²) in [5.41, 5.74) is 1.65. The average molecular weight is 357 g/mol. The summed E-state index contributed by atoms with van der Waals surface area (Å²) in [6.45, 7) is 3.35. The van der Waals surface area contributed by atoms with E-state index >= 15 is 0 Å². The predicted octanol–water partition coefficient (Wildman–Crippen LogP) is 3.13. The maximum Gasteiger partial charge on any atom is 0.339 e. The molecule has 0 saturated carbocycles. The molecule has 0 heterocycles. The summed E-state index contributed by atoms with van der Waals surface area (Å²) in [6, 6.07) is 11.1. The number of nitrogens with one attached hydrogen (secondary N) is 2. The first-order chi connectivity index (χ1) is 12.3. The summed E-state index contributed by atoms with van der Waals surface area (Å²) < 4.78 is 5.11. The van der Waals surface area contributed by atoms with Crippen molar-refractivity contribution in [2.75, 3.05) is 17.7 Å². The fourth-order valence-corrected chi connectivity index (χ4v) is 2.18. The number of aryl methyl sites for hydroxylation is 1. The van der Waals surface area contributed by atoms with Crippen LogP contribution in [0, 0.1) is 17.0 Å². The molecule has 2 aromatic carbocycles. The summed E-state index contributed by atoms with van der Waals surface area (Å²) in [5.74, 6) is -1.31. The first-order valence-corrected chi connectivity index (χ1v) is 7.86. The van der Waals surface area contributed by atoms with E-state index in [1.807, 2.05) is 19.1 Å². The number of ether oxygens (including phenoxy) is 1. The van der Waals surface area contributed by atoms with Gasteiger partial charge in [0, 0.05) is 18.8 Å². The minimum Gasteiger partial charge on any atom is -0.449 e. The largest absolute Gasteiger partial charge is 0.449 e. The first kappa shape index (κ1) is 18.9. The summed E-state index contributed by atoms with van der Waals surface area (Å²) in [5, 5.41) is 16.4. The lowest BCUT2D eigenvalue weighted by atomic mass is 10.1. The molecule has 0 bridgehead atoms. The van der Waals surface area contributed by atoms with E-state index in [-0.39, 0.29) is 16.9 Å². The van der Waals surface area contributed by atoms with Gasteiger partial charge in [-0.3, -0.25) is 14.9 Å². The van der Waals surface area contributed by atoms with Crippen LogP contribution in [-0.4, -0.2) is 30.0 Å². The number of nitrogens with zero attached hydrogens (tertiary/aromatic N) is 1. The minimum absolute atomic E-state index is 0.00862. The van der Waals surface area contributed by atoms with Crippen LogP contribution in [0.3, 0.4) is 0 Å². The van der Waals surface area contributed by atoms with Crippen molar-refractivity contribution in [3.05, 3.63) is 63.7 Å². The van der Waals surface area contributed by atoms with Crippen molar-refractivity contribution in [2.24, 2.45) is 0 Å². The zero-order valence-corrected chi connectivity index (χ0v) is 14.6. The first-order valence-electron chi connectivity index (χ1n) is 7.86. The Morgan fingerprint density at radius 3 is 2.38 bits per heavy atom. The molecular formula is C18H19N3O5. The second-order valence-corrected chi connectivity index (χ2v) is 5.64. The number of hydrogen-bond donors (Lipinski definition) is 2. The molecular weight excluding hydrogens is 338 g/mol. The highest BCUT2D eigenvalue weighted by atomic mass is 16.6. The number of nitro benzene ring substituents is 1. The van der Waals surface area contributed by atoms with E-state index in [2.05, 4.69) is 10.6 Å². The number of amides is 1. The van der Waals surface area contributed by atoms with E-state index in [1.54, 1.807) is 12.1 Å². The van der Waals surface area contributed by atoms with Gasteiger partial charge in [0.15, 0.2) is 6.10 Å². The van der Waals surface area contributed by atoms with Crippen LogP contribution in [0.1, 0.15) is 22.8 Å². The van der Waals surface area contributed by atoms with Gasteiger partial charge in [0.05, 0.1) is 10.5 Å². The third-order valence-electron chi connectivity index (χ3n) is 3.67. The van der Waals surface area contributed by atoms with Gasteiger partial charge in [-0.25, -0.2) is 4.79 Å². The standard InChI is InChI=1S/C18H19N3O5/c1-11-4-7-14(8-5-11)20-17(22)12(2)26-18(23)13-6-9-15(19-3)16(10-13)21(24)25/h4-10,12,19H,1-3H3,(H,20,22)/t12-/m1/s1. The normalized spacial score (nSPS) is 11.3. The van der Waals surface area contributed by atoms with Crippen LogP contribution in [0.15, 0.2) is 42.5 Å². The predicted molar refractivity (Wildman–Crippen MR) is 97.3 cm³/mol. The van der Waals surface area contributed by atoms with Gasteiger partial charge < -0.3 is 15.4 Å². The van der Waals surface area contributed by atoms with E-state index in [0.717, 1.165) is 11.6 Å². The fraction of sp³-hybridized carbons (Fsp3) is 0.222. The molecule has 0 aliphatic heterocycles. The number of benzene rings is 2. The number of anilines is 2. The Bertz CT molecular complexity index is 833. The molecule has 0 spiro atoms. The van der Waals surface area contributed by atoms with Crippen molar-refractivity contribution in [1.29, 1.82) is 0 Å². The van der Waals surface area contributed by atoms with E-state index in [9.17, 15) is 19.7 Å². The van der Waals surface area contributed by atoms with Gasteiger partial charge in [-0.15, -0.1) is 0 Å². The van der Waals surface area contributed by atoms with Crippen molar-refractivity contribution in [3.63, 3.8) is 0 Å². The van der Waals surface area contributed by atoms with Gasteiger partial charge >= 0.3 is 5.97 Å². The van der Waals surface area contributed by atoms with Crippen molar-refractivity contribution in [1.82, 2.24) is 0 Å². The van der Waals surface area contributed by atoms with Crippen molar-refractivity contribution in [3.8, 4) is 0 Å². The second kappa shape index (κ2) is 8.11. The number of carbonyl (C=O) groups excluding carboxylic acids is 2. The molecule has 0 fully saturated rings. The van der Waals surface area contributed by atoms with Crippen molar-refractivity contribution >= 4 is 28.9 Å². The number of carbonyl (C=O) groups is 2. The molecule has 1 amide bonds. The van der Waals surface area contributed by atoms with Crippen LogP contribution < -0.4 is 10.6 Å². The zero-order valence-electron chi connectivity index (χ0n) is 14.6. The lowest BCUT2D eigenvalue weighted by molar-refractivity contribution is -0.384. The third-order valence-corrected chi connectivity index (χ3v) is 3.67. The topological polar surface area (TPSA) is 111 Å². The molecule has 2 rings (SSSR count). The average Bonchev–Trinajstić information content (AvgIpc) is 2.62. The summed E-state index contributed by atoms with van der Waals surface area (Å²) >= 11 is 0.